The molecule has 1 rings (SSSR count). The van der Waals surface area contributed by atoms with E-state index in [0.29, 0.717) is 5.56 Å². The van der Waals surface area contributed by atoms with Crippen LogP contribution in [0, 0.1) is 12.7 Å². The second-order valence-corrected chi connectivity index (χ2v) is 5.21. The Morgan fingerprint density at radius 1 is 1.16 bits per heavy atom. The second kappa shape index (κ2) is 5.90. The van der Waals surface area contributed by atoms with Crippen molar-refractivity contribution in [1.82, 2.24) is 0 Å². The number of alkyl halides is 3. The fourth-order valence-electron chi connectivity index (χ4n) is 2.00. The molecule has 0 aliphatic rings. The van der Waals surface area contributed by atoms with Crippen molar-refractivity contribution in [2.75, 3.05) is 0 Å². The van der Waals surface area contributed by atoms with E-state index in [-0.39, 0.29) is 19.3 Å². The molecule has 0 bridgehead atoms. The molecule has 0 spiro atoms. The predicted octanol–water partition coefficient (Wildman–Crippen LogP) is 4.16. The molecule has 0 aromatic heterocycles. The van der Waals surface area contributed by atoms with E-state index >= 15 is 0 Å². The Morgan fingerprint density at radius 3 is 2.37 bits per heavy atom. The van der Waals surface area contributed by atoms with Crippen molar-refractivity contribution < 1.29 is 22.7 Å². The van der Waals surface area contributed by atoms with Crippen LogP contribution in [0.2, 0.25) is 0 Å². The minimum absolute atomic E-state index is 0.0302. The average Bonchev–Trinajstić information content (AvgIpc) is 2.20. The normalized spacial score (nSPS) is 15.3. The number of halogens is 4. The summed E-state index contributed by atoms with van der Waals surface area (Å²) in [5, 5.41) is 10.1. The number of hydrogen-bond acceptors (Lipinski definition) is 1. The van der Waals surface area contributed by atoms with Crippen molar-refractivity contribution in [3.05, 3.63) is 35.1 Å². The van der Waals surface area contributed by atoms with E-state index in [0.717, 1.165) is 5.56 Å². The summed E-state index contributed by atoms with van der Waals surface area (Å²) in [6.45, 7) is 3.26. The molecule has 0 heterocycles. The van der Waals surface area contributed by atoms with Crippen LogP contribution in [0.5, 0.6) is 0 Å². The molecule has 0 amide bonds. The molecule has 1 N–H and O–H groups in total. The first-order valence-electron chi connectivity index (χ1n) is 6.13. The maximum absolute atomic E-state index is 13.1. The van der Waals surface area contributed by atoms with Gasteiger partial charge in [0.15, 0.2) is 0 Å². The van der Waals surface area contributed by atoms with Gasteiger partial charge in [-0.25, -0.2) is 4.39 Å². The first-order valence-corrected chi connectivity index (χ1v) is 6.13. The van der Waals surface area contributed by atoms with E-state index in [1.165, 1.54) is 19.1 Å². The zero-order valence-corrected chi connectivity index (χ0v) is 11.0. The molecule has 0 aliphatic carbocycles. The van der Waals surface area contributed by atoms with Crippen LogP contribution in [0.25, 0.3) is 0 Å². The fourth-order valence-corrected chi connectivity index (χ4v) is 2.00. The molecule has 0 saturated heterocycles. The summed E-state index contributed by atoms with van der Waals surface area (Å²) in [7, 11) is 0. The molecule has 0 fully saturated rings. The molecule has 0 saturated carbocycles. The molecule has 0 radical (unpaired) electrons. The van der Waals surface area contributed by atoms with E-state index in [1.54, 1.807) is 13.0 Å². The molecular formula is C14H18F4O. The van der Waals surface area contributed by atoms with Crippen LogP contribution in [0.4, 0.5) is 17.6 Å². The lowest BCUT2D eigenvalue weighted by Crippen LogP contribution is -2.28. The van der Waals surface area contributed by atoms with E-state index in [9.17, 15) is 22.7 Å². The standard InChI is InChI=1S/C14H18F4O/c1-10-4-5-12(15)8-11(10)9-13(2,19)6-3-7-14(16,17)18/h4-5,8,19H,3,6-7,9H2,1-2H3. The Bertz CT molecular complexity index is 424. The number of aryl methyl sites for hydroxylation is 1. The average molecular weight is 278 g/mol. The molecular weight excluding hydrogens is 260 g/mol. The minimum atomic E-state index is -4.20. The highest BCUT2D eigenvalue weighted by atomic mass is 19.4. The van der Waals surface area contributed by atoms with Gasteiger partial charge in [-0.15, -0.1) is 0 Å². The summed E-state index contributed by atoms with van der Waals surface area (Å²) in [4.78, 5) is 0. The van der Waals surface area contributed by atoms with Crippen molar-refractivity contribution >= 4 is 0 Å². The highest BCUT2D eigenvalue weighted by Gasteiger charge is 2.29. The summed E-state index contributed by atoms with van der Waals surface area (Å²) in [5.41, 5.74) is 0.179. The largest absolute Gasteiger partial charge is 0.390 e. The number of aliphatic hydroxyl groups is 1. The van der Waals surface area contributed by atoms with Crippen molar-refractivity contribution in [1.29, 1.82) is 0 Å². The molecule has 1 aromatic rings. The van der Waals surface area contributed by atoms with Gasteiger partial charge in [-0.05, 0) is 49.9 Å². The lowest BCUT2D eigenvalue weighted by Gasteiger charge is -2.24. The van der Waals surface area contributed by atoms with Crippen LogP contribution in [0.15, 0.2) is 18.2 Å². The molecule has 5 heteroatoms. The van der Waals surface area contributed by atoms with Gasteiger partial charge in [-0.1, -0.05) is 6.07 Å². The van der Waals surface area contributed by atoms with Gasteiger partial charge in [0, 0.05) is 12.8 Å². The van der Waals surface area contributed by atoms with Crippen LogP contribution in [-0.4, -0.2) is 16.9 Å². The Morgan fingerprint density at radius 2 is 1.79 bits per heavy atom. The van der Waals surface area contributed by atoms with Crippen molar-refractivity contribution in [3.8, 4) is 0 Å². The first kappa shape index (κ1) is 16.0. The van der Waals surface area contributed by atoms with Crippen LogP contribution in [0.3, 0.4) is 0 Å². The molecule has 1 aromatic carbocycles. The first-order chi connectivity index (χ1) is 8.59. The van der Waals surface area contributed by atoms with Crippen molar-refractivity contribution in [3.63, 3.8) is 0 Å². The van der Waals surface area contributed by atoms with E-state index in [2.05, 4.69) is 0 Å². The lowest BCUT2D eigenvalue weighted by molar-refractivity contribution is -0.137. The van der Waals surface area contributed by atoms with Crippen molar-refractivity contribution in [2.45, 2.75) is 51.3 Å². The quantitative estimate of drug-likeness (QED) is 0.802. The van der Waals surface area contributed by atoms with Crippen LogP contribution in [0.1, 0.15) is 37.3 Å². The highest BCUT2D eigenvalue weighted by molar-refractivity contribution is 5.27. The number of hydrogen-bond donors (Lipinski definition) is 1. The van der Waals surface area contributed by atoms with Gasteiger partial charge in [0.1, 0.15) is 5.82 Å². The summed E-state index contributed by atoms with van der Waals surface area (Å²) in [6.07, 6.45) is -5.07. The Balaban J connectivity index is 2.61. The molecule has 0 aliphatic heterocycles. The molecule has 1 unspecified atom stereocenters. The SMILES string of the molecule is Cc1ccc(F)cc1CC(C)(O)CCCC(F)(F)F. The lowest BCUT2D eigenvalue weighted by atomic mass is 9.89. The monoisotopic (exact) mass is 278 g/mol. The highest BCUT2D eigenvalue weighted by Crippen LogP contribution is 2.27. The van der Waals surface area contributed by atoms with E-state index in [4.69, 9.17) is 0 Å². The van der Waals surface area contributed by atoms with Gasteiger partial charge < -0.3 is 5.11 Å². The second-order valence-electron chi connectivity index (χ2n) is 5.21. The Labute approximate surface area is 110 Å². The van der Waals surface area contributed by atoms with Gasteiger partial charge in [-0.3, -0.25) is 0 Å². The smallest absolute Gasteiger partial charge is 0.389 e. The third kappa shape index (κ3) is 6.05. The Kier molecular flexibility index (Phi) is 4.96. The van der Waals surface area contributed by atoms with Gasteiger partial charge in [0.25, 0.3) is 0 Å². The predicted molar refractivity (Wildman–Crippen MR) is 65.4 cm³/mol. The third-order valence-corrected chi connectivity index (χ3v) is 3.06. The van der Waals surface area contributed by atoms with Crippen LogP contribution >= 0.6 is 0 Å². The fraction of sp³-hybridized carbons (Fsp3) is 0.571. The zero-order chi connectivity index (χ0) is 14.7. The molecule has 1 nitrogen and oxygen atoms in total. The molecule has 1 atom stereocenters. The molecule has 19 heavy (non-hydrogen) atoms. The van der Waals surface area contributed by atoms with E-state index in [1.807, 2.05) is 0 Å². The summed E-state index contributed by atoms with van der Waals surface area (Å²) in [6, 6.07) is 4.22. The summed E-state index contributed by atoms with van der Waals surface area (Å²) >= 11 is 0. The number of rotatable bonds is 5. The van der Waals surface area contributed by atoms with Crippen molar-refractivity contribution in [2.24, 2.45) is 0 Å². The maximum atomic E-state index is 13.1. The maximum Gasteiger partial charge on any atom is 0.389 e. The third-order valence-electron chi connectivity index (χ3n) is 3.06. The van der Waals surface area contributed by atoms with Gasteiger partial charge in [0.05, 0.1) is 5.60 Å². The topological polar surface area (TPSA) is 20.2 Å². The Hall–Kier alpha value is -1.10. The molecule has 108 valence electrons. The minimum Gasteiger partial charge on any atom is -0.390 e. The zero-order valence-electron chi connectivity index (χ0n) is 11.0. The van der Waals surface area contributed by atoms with Gasteiger partial charge >= 0.3 is 6.18 Å². The number of benzene rings is 1. The van der Waals surface area contributed by atoms with Crippen LogP contribution < -0.4 is 0 Å². The summed E-state index contributed by atoms with van der Waals surface area (Å²) < 4.78 is 49.2. The van der Waals surface area contributed by atoms with E-state index < -0.39 is 24.0 Å². The summed E-state index contributed by atoms with van der Waals surface area (Å²) in [5.74, 6) is -0.410. The van der Waals surface area contributed by atoms with Gasteiger partial charge in [0.2, 0.25) is 0 Å². The van der Waals surface area contributed by atoms with Crippen LogP contribution in [-0.2, 0) is 6.42 Å². The van der Waals surface area contributed by atoms with Gasteiger partial charge in [-0.2, -0.15) is 13.2 Å².